The van der Waals surface area contributed by atoms with Crippen molar-refractivity contribution in [2.24, 2.45) is 5.73 Å². The van der Waals surface area contributed by atoms with E-state index in [9.17, 15) is 0 Å². The lowest BCUT2D eigenvalue weighted by atomic mass is 9.97. The van der Waals surface area contributed by atoms with Crippen molar-refractivity contribution in [1.82, 2.24) is 5.32 Å². The Labute approximate surface area is 113 Å². The zero-order valence-corrected chi connectivity index (χ0v) is 11.8. The van der Waals surface area contributed by atoms with Gasteiger partial charge in [0.25, 0.3) is 0 Å². The van der Waals surface area contributed by atoms with E-state index in [1.165, 1.54) is 21.6 Å². The summed E-state index contributed by atoms with van der Waals surface area (Å²) in [6.07, 6.45) is 0. The van der Waals surface area contributed by atoms with Crippen molar-refractivity contribution in [3.05, 3.63) is 57.3 Å². The lowest BCUT2D eigenvalue weighted by Gasteiger charge is -2.20. The quantitative estimate of drug-likeness (QED) is 0.866. The number of nitrogens with two attached hydrogens (primary N) is 1. The average molecular weight is 260 g/mol. The van der Waals surface area contributed by atoms with E-state index in [0.29, 0.717) is 6.54 Å². The van der Waals surface area contributed by atoms with Gasteiger partial charge in [-0.3, -0.25) is 0 Å². The van der Waals surface area contributed by atoms with Crippen molar-refractivity contribution in [3.63, 3.8) is 0 Å². The Morgan fingerprint density at radius 3 is 2.72 bits per heavy atom. The minimum absolute atomic E-state index is 0.229. The van der Waals surface area contributed by atoms with Gasteiger partial charge >= 0.3 is 0 Å². The number of nitrogens with one attached hydrogen (secondary N) is 1. The molecule has 1 aromatic heterocycles. The highest BCUT2D eigenvalue weighted by Gasteiger charge is 2.12. The van der Waals surface area contributed by atoms with E-state index in [1.807, 2.05) is 0 Å². The highest BCUT2D eigenvalue weighted by Crippen LogP contribution is 2.20. The Hall–Kier alpha value is -1.16. The zero-order chi connectivity index (χ0) is 13.0. The van der Waals surface area contributed by atoms with Crippen LogP contribution in [0.15, 0.2) is 35.7 Å². The molecule has 96 valence electrons. The maximum Gasteiger partial charge on any atom is 0.0450 e. The molecule has 2 rings (SSSR count). The molecule has 1 aromatic carbocycles. The van der Waals surface area contributed by atoms with Crippen LogP contribution in [-0.4, -0.2) is 6.54 Å². The molecule has 0 aliphatic rings. The molecule has 0 aliphatic heterocycles. The molecule has 1 heterocycles. The summed E-state index contributed by atoms with van der Waals surface area (Å²) in [4.78, 5) is 1.35. The van der Waals surface area contributed by atoms with Crippen molar-refractivity contribution in [2.45, 2.75) is 26.4 Å². The molecule has 0 spiro atoms. The smallest absolute Gasteiger partial charge is 0.0450 e. The molecule has 0 amide bonds. The largest absolute Gasteiger partial charge is 0.329 e. The normalized spacial score (nSPS) is 12.6. The Balaban J connectivity index is 2.10. The molecule has 1 unspecified atom stereocenters. The van der Waals surface area contributed by atoms with Crippen LogP contribution in [0.25, 0.3) is 0 Å². The predicted octanol–water partition coefficient (Wildman–Crippen LogP) is 3.15. The second-order valence-electron chi connectivity index (χ2n) is 4.54. The van der Waals surface area contributed by atoms with Gasteiger partial charge < -0.3 is 11.1 Å². The topological polar surface area (TPSA) is 38.0 Å². The first kappa shape index (κ1) is 13.3. The molecule has 0 saturated carbocycles. The first-order valence-electron chi connectivity index (χ1n) is 6.24. The van der Waals surface area contributed by atoms with Crippen LogP contribution >= 0.6 is 11.3 Å². The number of hydrogen-bond donors (Lipinski definition) is 2. The highest BCUT2D eigenvalue weighted by molar-refractivity contribution is 7.09. The zero-order valence-electron chi connectivity index (χ0n) is 10.9. The fraction of sp³-hybridized carbons (Fsp3) is 0.333. The number of hydrogen-bond acceptors (Lipinski definition) is 3. The molecule has 3 N–H and O–H groups in total. The highest BCUT2D eigenvalue weighted by atomic mass is 32.1. The fourth-order valence-corrected chi connectivity index (χ4v) is 2.76. The Morgan fingerprint density at radius 2 is 2.06 bits per heavy atom. The van der Waals surface area contributed by atoms with E-state index in [2.05, 4.69) is 54.9 Å². The second-order valence-corrected chi connectivity index (χ2v) is 5.57. The summed E-state index contributed by atoms with van der Waals surface area (Å²) in [6.45, 7) is 5.81. The third kappa shape index (κ3) is 2.99. The molecule has 0 saturated heterocycles. The molecule has 1 atom stereocenters. The van der Waals surface area contributed by atoms with Gasteiger partial charge in [-0.05, 0) is 42.0 Å². The van der Waals surface area contributed by atoms with Crippen molar-refractivity contribution < 1.29 is 0 Å². The monoisotopic (exact) mass is 260 g/mol. The van der Waals surface area contributed by atoms with Gasteiger partial charge in [0.05, 0.1) is 0 Å². The predicted molar refractivity (Wildman–Crippen MR) is 78.9 cm³/mol. The molecule has 0 radical (unpaired) electrons. The van der Waals surface area contributed by atoms with Crippen LogP contribution in [0, 0.1) is 13.8 Å². The van der Waals surface area contributed by atoms with Gasteiger partial charge in [0.15, 0.2) is 0 Å². The van der Waals surface area contributed by atoms with Crippen molar-refractivity contribution >= 4 is 11.3 Å². The Bertz CT molecular complexity index is 491. The summed E-state index contributed by atoms with van der Waals surface area (Å²) in [5.41, 5.74) is 9.88. The van der Waals surface area contributed by atoms with Gasteiger partial charge in [-0.2, -0.15) is 0 Å². The summed E-state index contributed by atoms with van der Waals surface area (Å²) >= 11 is 1.77. The van der Waals surface area contributed by atoms with Gasteiger partial charge in [0.2, 0.25) is 0 Å². The van der Waals surface area contributed by atoms with Crippen LogP contribution in [0.2, 0.25) is 0 Å². The number of rotatable bonds is 5. The summed E-state index contributed by atoms with van der Waals surface area (Å²) in [5, 5.41) is 5.65. The first-order chi connectivity index (χ1) is 8.72. The van der Waals surface area contributed by atoms with Gasteiger partial charge in [-0.25, -0.2) is 0 Å². The minimum atomic E-state index is 0.229. The van der Waals surface area contributed by atoms with E-state index in [1.54, 1.807) is 11.3 Å². The van der Waals surface area contributed by atoms with Crippen LogP contribution < -0.4 is 11.1 Å². The molecule has 0 fully saturated rings. The van der Waals surface area contributed by atoms with Crippen LogP contribution in [0.3, 0.4) is 0 Å². The van der Waals surface area contributed by atoms with E-state index in [0.717, 1.165) is 6.54 Å². The summed E-state index contributed by atoms with van der Waals surface area (Å²) in [7, 11) is 0. The number of benzene rings is 1. The third-order valence-corrected chi connectivity index (χ3v) is 4.24. The third-order valence-electron chi connectivity index (χ3n) is 3.36. The lowest BCUT2D eigenvalue weighted by molar-refractivity contribution is 0.542. The van der Waals surface area contributed by atoms with E-state index >= 15 is 0 Å². The van der Waals surface area contributed by atoms with Crippen LogP contribution in [0.4, 0.5) is 0 Å². The molecular weight excluding hydrogens is 240 g/mol. The molecule has 0 bridgehead atoms. The fourth-order valence-electron chi connectivity index (χ4n) is 2.11. The van der Waals surface area contributed by atoms with Crippen molar-refractivity contribution in [1.29, 1.82) is 0 Å². The molecule has 2 aromatic rings. The summed E-state index contributed by atoms with van der Waals surface area (Å²) in [6, 6.07) is 10.9. The van der Waals surface area contributed by atoms with Crippen molar-refractivity contribution in [2.75, 3.05) is 6.54 Å². The van der Waals surface area contributed by atoms with Gasteiger partial charge in [-0.1, -0.05) is 24.3 Å². The minimum Gasteiger partial charge on any atom is -0.329 e. The molecule has 0 aliphatic carbocycles. The van der Waals surface area contributed by atoms with Crippen molar-refractivity contribution in [3.8, 4) is 0 Å². The second kappa shape index (κ2) is 6.14. The maximum absolute atomic E-state index is 5.90. The summed E-state index contributed by atoms with van der Waals surface area (Å²) < 4.78 is 0. The first-order valence-corrected chi connectivity index (χ1v) is 7.12. The standard InChI is InChI=1S/C15H20N2S/c1-11-5-3-7-14(12(11)2)15(9-16)17-10-13-6-4-8-18-13/h3-8,15,17H,9-10,16H2,1-2H3. The Morgan fingerprint density at radius 1 is 1.22 bits per heavy atom. The summed E-state index contributed by atoms with van der Waals surface area (Å²) in [5.74, 6) is 0. The molecule has 2 nitrogen and oxygen atoms in total. The lowest BCUT2D eigenvalue weighted by Crippen LogP contribution is -2.28. The Kier molecular flexibility index (Phi) is 4.53. The molecule has 3 heteroatoms. The van der Waals surface area contributed by atoms with E-state index in [4.69, 9.17) is 5.73 Å². The average Bonchev–Trinajstić information content (AvgIpc) is 2.88. The van der Waals surface area contributed by atoms with Crippen LogP contribution in [0.1, 0.15) is 27.6 Å². The van der Waals surface area contributed by atoms with Gasteiger partial charge in [0, 0.05) is 24.0 Å². The van der Waals surface area contributed by atoms with E-state index < -0.39 is 0 Å². The maximum atomic E-state index is 5.90. The van der Waals surface area contributed by atoms with Gasteiger partial charge in [0.1, 0.15) is 0 Å². The van der Waals surface area contributed by atoms with Crippen LogP contribution in [0.5, 0.6) is 0 Å². The van der Waals surface area contributed by atoms with Gasteiger partial charge in [-0.15, -0.1) is 11.3 Å². The number of aryl methyl sites for hydroxylation is 1. The SMILES string of the molecule is Cc1cccc(C(CN)NCc2cccs2)c1C. The number of thiophene rings is 1. The van der Waals surface area contributed by atoms with Crippen LogP contribution in [-0.2, 0) is 6.54 Å². The molecular formula is C15H20N2S. The molecule has 18 heavy (non-hydrogen) atoms. The van der Waals surface area contributed by atoms with E-state index in [-0.39, 0.29) is 6.04 Å².